The van der Waals surface area contributed by atoms with Gasteiger partial charge < -0.3 is 10.1 Å². The fraction of sp³-hybridized carbons (Fsp3) is 0.190. The van der Waals surface area contributed by atoms with E-state index in [1.54, 1.807) is 0 Å². The number of halogens is 3. The lowest BCUT2D eigenvalue weighted by atomic mass is 10.0. The number of ether oxygens (including phenoxy) is 1. The average molecular weight is 495 g/mol. The highest BCUT2D eigenvalue weighted by molar-refractivity contribution is 7.92. The van der Waals surface area contributed by atoms with Crippen molar-refractivity contribution in [2.24, 2.45) is 0 Å². The van der Waals surface area contributed by atoms with Gasteiger partial charge in [0.15, 0.2) is 0 Å². The lowest BCUT2D eigenvalue weighted by Crippen LogP contribution is -2.51. The number of benzene rings is 2. The third-order valence-corrected chi connectivity index (χ3v) is 6.59. The van der Waals surface area contributed by atoms with Gasteiger partial charge in [0.05, 0.1) is 11.1 Å². The number of hydrogen-bond acceptors (Lipinski definition) is 6. The second kappa shape index (κ2) is 8.17. The van der Waals surface area contributed by atoms with Crippen LogP contribution in [-0.2, 0) is 14.8 Å². The molecule has 0 bridgehead atoms. The molecule has 1 fully saturated rings. The summed E-state index contributed by atoms with van der Waals surface area (Å²) in [5.41, 5.74) is 0.0996. The van der Waals surface area contributed by atoms with Gasteiger partial charge >= 0.3 is 6.36 Å². The fourth-order valence-corrected chi connectivity index (χ4v) is 4.89. The standard InChI is InChI=1S/C21H16F3N3O6S/c1-11-6-9-15(18(28)25-11)27-19(29)13-8-7-12(10-14(13)20(27)30)26-34(31,32)17-5-3-2-4-16(17)33-21(22,23)24/h2-5,7-8,10,15,26H,1,6,9H2,(H,25,28). The molecule has 1 saturated heterocycles. The number of carbonyl (C=O) groups is 3. The number of hydrogen-bond donors (Lipinski definition) is 2. The van der Waals surface area contributed by atoms with Gasteiger partial charge in [-0.25, -0.2) is 8.42 Å². The molecule has 34 heavy (non-hydrogen) atoms. The number of allylic oxidation sites excluding steroid dienone is 1. The molecule has 2 aromatic rings. The molecule has 9 nitrogen and oxygen atoms in total. The Kier molecular flexibility index (Phi) is 5.59. The van der Waals surface area contributed by atoms with E-state index in [0.29, 0.717) is 12.1 Å². The molecule has 2 N–H and O–H groups in total. The molecular formula is C21H16F3N3O6S. The SMILES string of the molecule is C=C1CCC(N2C(=O)c3ccc(NS(=O)(=O)c4ccccc4OC(F)(F)F)cc3C2=O)C(=O)N1. The summed E-state index contributed by atoms with van der Waals surface area (Å²) in [5.74, 6) is -3.01. The van der Waals surface area contributed by atoms with Crippen LogP contribution in [0, 0.1) is 0 Å². The van der Waals surface area contributed by atoms with E-state index < -0.39 is 50.8 Å². The molecular weight excluding hydrogens is 479 g/mol. The Morgan fingerprint density at radius 3 is 2.41 bits per heavy atom. The average Bonchev–Trinajstić information content (AvgIpc) is 2.97. The van der Waals surface area contributed by atoms with E-state index in [2.05, 4.69) is 21.4 Å². The maximum atomic E-state index is 12.9. The molecule has 0 aliphatic carbocycles. The molecule has 1 atom stereocenters. The fourth-order valence-electron chi connectivity index (χ4n) is 3.71. The normalized spacial score (nSPS) is 18.6. The summed E-state index contributed by atoms with van der Waals surface area (Å²) >= 11 is 0. The minimum atomic E-state index is -5.12. The summed E-state index contributed by atoms with van der Waals surface area (Å²) in [6.45, 7) is 3.64. The molecule has 3 amide bonds. The van der Waals surface area contributed by atoms with Gasteiger partial charge in [0.25, 0.3) is 21.8 Å². The molecule has 13 heteroatoms. The Morgan fingerprint density at radius 1 is 1.06 bits per heavy atom. The number of para-hydroxylation sites is 1. The van der Waals surface area contributed by atoms with Crippen molar-refractivity contribution < 1.29 is 40.7 Å². The predicted octanol–water partition coefficient (Wildman–Crippen LogP) is 2.77. The summed E-state index contributed by atoms with van der Waals surface area (Å²) in [7, 11) is -4.57. The highest BCUT2D eigenvalue weighted by atomic mass is 32.2. The van der Waals surface area contributed by atoms with Gasteiger partial charge in [0.2, 0.25) is 5.91 Å². The van der Waals surface area contributed by atoms with Gasteiger partial charge in [-0.05, 0) is 43.2 Å². The number of rotatable bonds is 5. The zero-order chi connectivity index (χ0) is 24.8. The Labute approximate surface area is 191 Å². The lowest BCUT2D eigenvalue weighted by molar-refractivity contribution is -0.275. The predicted molar refractivity (Wildman–Crippen MR) is 111 cm³/mol. The molecule has 2 aromatic carbocycles. The monoisotopic (exact) mass is 495 g/mol. The van der Waals surface area contributed by atoms with Gasteiger partial charge in [-0.15, -0.1) is 13.2 Å². The van der Waals surface area contributed by atoms with Crippen LogP contribution < -0.4 is 14.8 Å². The number of imide groups is 1. The van der Waals surface area contributed by atoms with E-state index in [0.717, 1.165) is 23.1 Å². The molecule has 2 aliphatic heterocycles. The molecule has 0 spiro atoms. The first kappa shape index (κ1) is 23.3. The van der Waals surface area contributed by atoms with Crippen molar-refractivity contribution in [3.63, 3.8) is 0 Å². The molecule has 4 rings (SSSR count). The maximum Gasteiger partial charge on any atom is 0.573 e. The van der Waals surface area contributed by atoms with E-state index in [4.69, 9.17) is 0 Å². The van der Waals surface area contributed by atoms with Crippen LogP contribution in [0.25, 0.3) is 0 Å². The third-order valence-electron chi connectivity index (χ3n) is 5.17. The van der Waals surface area contributed by atoms with Crippen molar-refractivity contribution in [3.8, 4) is 5.75 Å². The molecule has 178 valence electrons. The molecule has 0 saturated carbocycles. The molecule has 2 aliphatic rings. The minimum absolute atomic E-state index is 0.0362. The van der Waals surface area contributed by atoms with E-state index >= 15 is 0 Å². The van der Waals surface area contributed by atoms with Crippen molar-refractivity contribution in [1.29, 1.82) is 0 Å². The summed E-state index contributed by atoms with van der Waals surface area (Å²) in [6.07, 6.45) is -4.56. The lowest BCUT2D eigenvalue weighted by Gasteiger charge is -2.29. The molecule has 0 aromatic heterocycles. The van der Waals surface area contributed by atoms with E-state index in [-0.39, 0.29) is 23.2 Å². The smallest absolute Gasteiger partial charge is 0.404 e. The summed E-state index contributed by atoms with van der Waals surface area (Å²) in [6, 6.07) is 6.56. The number of carbonyl (C=O) groups excluding carboxylic acids is 3. The number of sulfonamides is 1. The second-order valence-corrected chi connectivity index (χ2v) is 9.14. The topological polar surface area (TPSA) is 122 Å². The zero-order valence-corrected chi connectivity index (χ0v) is 18.0. The van der Waals surface area contributed by atoms with Crippen molar-refractivity contribution in [1.82, 2.24) is 10.2 Å². The zero-order valence-electron chi connectivity index (χ0n) is 17.2. The highest BCUT2D eigenvalue weighted by Gasteiger charge is 2.44. The van der Waals surface area contributed by atoms with Crippen LogP contribution in [0.2, 0.25) is 0 Å². The van der Waals surface area contributed by atoms with Gasteiger partial charge in [-0.3, -0.25) is 24.0 Å². The quantitative estimate of drug-likeness (QED) is 0.616. The Balaban J connectivity index is 1.62. The van der Waals surface area contributed by atoms with Crippen molar-refractivity contribution >= 4 is 33.4 Å². The third kappa shape index (κ3) is 4.33. The highest BCUT2D eigenvalue weighted by Crippen LogP contribution is 2.33. The van der Waals surface area contributed by atoms with Gasteiger partial charge in [0, 0.05) is 11.4 Å². The van der Waals surface area contributed by atoms with Crippen LogP contribution in [0.15, 0.2) is 59.6 Å². The van der Waals surface area contributed by atoms with E-state index in [1.165, 1.54) is 24.3 Å². The minimum Gasteiger partial charge on any atom is -0.404 e. The molecule has 1 unspecified atom stereocenters. The number of fused-ring (bicyclic) bond motifs is 1. The van der Waals surface area contributed by atoms with Crippen LogP contribution in [0.1, 0.15) is 33.6 Å². The summed E-state index contributed by atoms with van der Waals surface area (Å²) in [4.78, 5) is 38.0. The van der Waals surface area contributed by atoms with Crippen LogP contribution in [0.5, 0.6) is 5.75 Å². The second-order valence-electron chi connectivity index (χ2n) is 7.49. The van der Waals surface area contributed by atoms with Crippen LogP contribution in [0.3, 0.4) is 0 Å². The number of alkyl halides is 3. The summed E-state index contributed by atoms with van der Waals surface area (Å²) < 4.78 is 69.4. The van der Waals surface area contributed by atoms with Gasteiger partial charge in [-0.1, -0.05) is 18.7 Å². The molecule has 2 heterocycles. The first-order valence-corrected chi connectivity index (χ1v) is 11.2. The van der Waals surface area contributed by atoms with Crippen LogP contribution in [-0.4, -0.2) is 43.4 Å². The summed E-state index contributed by atoms with van der Waals surface area (Å²) in [5, 5.41) is 2.49. The van der Waals surface area contributed by atoms with E-state index in [9.17, 15) is 36.0 Å². The van der Waals surface area contributed by atoms with Gasteiger partial charge in [0.1, 0.15) is 16.7 Å². The van der Waals surface area contributed by atoms with Crippen molar-refractivity contribution in [2.75, 3.05) is 4.72 Å². The number of piperidine rings is 1. The Hall–Kier alpha value is -3.87. The Bertz CT molecular complexity index is 1340. The first-order valence-electron chi connectivity index (χ1n) is 9.75. The maximum absolute atomic E-state index is 12.9. The molecule has 0 radical (unpaired) electrons. The van der Waals surface area contributed by atoms with Crippen LogP contribution >= 0.6 is 0 Å². The van der Waals surface area contributed by atoms with Crippen LogP contribution in [0.4, 0.5) is 18.9 Å². The number of anilines is 1. The van der Waals surface area contributed by atoms with Gasteiger partial charge in [-0.2, -0.15) is 0 Å². The number of amides is 3. The largest absolute Gasteiger partial charge is 0.573 e. The first-order chi connectivity index (χ1) is 15.9. The van der Waals surface area contributed by atoms with Crippen molar-refractivity contribution in [3.05, 3.63) is 65.9 Å². The van der Waals surface area contributed by atoms with E-state index in [1.807, 2.05) is 0 Å². The van der Waals surface area contributed by atoms with Crippen molar-refractivity contribution in [2.45, 2.75) is 30.1 Å². The Morgan fingerprint density at radius 2 is 1.74 bits per heavy atom. The number of nitrogens with zero attached hydrogens (tertiary/aromatic N) is 1. The number of nitrogens with one attached hydrogen (secondary N) is 2.